The number of hydrogen-bond acceptors (Lipinski definition) is 5. The Morgan fingerprint density at radius 3 is 2.55 bits per heavy atom. The van der Waals surface area contributed by atoms with Gasteiger partial charge in [0.05, 0.1) is 6.54 Å². The van der Waals surface area contributed by atoms with Crippen LogP contribution < -0.4 is 0 Å². The summed E-state index contributed by atoms with van der Waals surface area (Å²) < 4.78 is 32.2. The summed E-state index contributed by atoms with van der Waals surface area (Å²) in [5, 5.41) is 0.103. The average Bonchev–Trinajstić information content (AvgIpc) is 2.74. The van der Waals surface area contributed by atoms with Crippen LogP contribution in [0.4, 0.5) is 4.79 Å². The van der Waals surface area contributed by atoms with Gasteiger partial charge < -0.3 is 9.64 Å². The number of likely N-dealkylation sites (N-methyl/N-ethyl adjacent to an activating group) is 1. The van der Waals surface area contributed by atoms with Crippen molar-refractivity contribution in [2.24, 2.45) is 0 Å². The first-order valence-corrected chi connectivity index (χ1v) is 8.64. The molecule has 1 amide bonds. The summed E-state index contributed by atoms with van der Waals surface area (Å²) in [4.78, 5) is 17.1. The van der Waals surface area contributed by atoms with Crippen molar-refractivity contribution < 1.29 is 17.9 Å². The number of hydrogen-bond donors (Lipinski definition) is 0. The molecule has 2 aliphatic heterocycles. The first kappa shape index (κ1) is 15.2. The smallest absolute Gasteiger partial charge is 0.410 e. The standard InChI is InChI=1S/C14H19N3O4S/c1-11-4-3-7-15-12(11)22(19,20)17-8-5-14(6-9-17)10-16(2)13(18)21-14/h3-4,7H,5-6,8-10H2,1-2H3. The number of pyridine rings is 1. The molecule has 0 aromatic carbocycles. The minimum absolute atomic E-state index is 0.103. The van der Waals surface area contributed by atoms with Crippen molar-refractivity contribution in [3.05, 3.63) is 23.9 Å². The van der Waals surface area contributed by atoms with E-state index in [1.807, 2.05) is 0 Å². The fourth-order valence-electron chi connectivity index (χ4n) is 3.05. The second-order valence-electron chi connectivity index (χ2n) is 5.94. The summed E-state index contributed by atoms with van der Waals surface area (Å²) in [6.07, 6.45) is 2.17. The lowest BCUT2D eigenvalue weighted by atomic mass is 9.92. The lowest BCUT2D eigenvalue weighted by Gasteiger charge is -2.36. The molecule has 0 N–H and O–H groups in total. The van der Waals surface area contributed by atoms with Gasteiger partial charge >= 0.3 is 6.09 Å². The van der Waals surface area contributed by atoms with Gasteiger partial charge in [0.15, 0.2) is 5.03 Å². The predicted molar refractivity (Wildman–Crippen MR) is 78.8 cm³/mol. The fraction of sp³-hybridized carbons (Fsp3) is 0.571. The average molecular weight is 325 g/mol. The minimum atomic E-state index is -3.60. The van der Waals surface area contributed by atoms with E-state index in [0.29, 0.717) is 38.0 Å². The molecule has 7 nitrogen and oxygen atoms in total. The zero-order valence-electron chi connectivity index (χ0n) is 12.7. The van der Waals surface area contributed by atoms with Crippen LogP contribution in [0.15, 0.2) is 23.4 Å². The van der Waals surface area contributed by atoms with Gasteiger partial charge in [-0.15, -0.1) is 0 Å². The molecule has 1 aromatic heterocycles. The number of aryl methyl sites for hydroxylation is 1. The van der Waals surface area contributed by atoms with Gasteiger partial charge in [-0.1, -0.05) is 6.07 Å². The van der Waals surface area contributed by atoms with E-state index in [-0.39, 0.29) is 11.1 Å². The summed E-state index contributed by atoms with van der Waals surface area (Å²) in [7, 11) is -1.91. The molecule has 0 unspecified atom stereocenters. The lowest BCUT2D eigenvalue weighted by molar-refractivity contribution is 0.0172. The number of rotatable bonds is 2. The van der Waals surface area contributed by atoms with Crippen LogP contribution in [-0.2, 0) is 14.8 Å². The van der Waals surface area contributed by atoms with Crippen LogP contribution in [0.2, 0.25) is 0 Å². The number of carbonyl (C=O) groups is 1. The van der Waals surface area contributed by atoms with Crippen molar-refractivity contribution in [3.8, 4) is 0 Å². The maximum Gasteiger partial charge on any atom is 0.410 e. The maximum absolute atomic E-state index is 12.7. The van der Waals surface area contributed by atoms with Gasteiger partial charge in [0.2, 0.25) is 0 Å². The molecule has 0 radical (unpaired) electrons. The van der Waals surface area contributed by atoms with Crippen LogP contribution >= 0.6 is 0 Å². The summed E-state index contributed by atoms with van der Waals surface area (Å²) in [5.41, 5.74) is 0.0895. The summed E-state index contributed by atoms with van der Waals surface area (Å²) in [5.74, 6) is 0. The minimum Gasteiger partial charge on any atom is -0.441 e. The molecule has 3 rings (SSSR count). The van der Waals surface area contributed by atoms with Gasteiger partial charge in [-0.25, -0.2) is 18.2 Å². The zero-order chi connectivity index (χ0) is 16.0. The van der Waals surface area contributed by atoms with Crippen LogP contribution in [0, 0.1) is 6.92 Å². The second-order valence-corrected chi connectivity index (χ2v) is 7.79. The Hall–Kier alpha value is -1.67. The van der Waals surface area contributed by atoms with Crippen LogP contribution in [0.3, 0.4) is 0 Å². The molecule has 2 saturated heterocycles. The molecule has 0 atom stereocenters. The van der Waals surface area contributed by atoms with Crippen molar-refractivity contribution in [2.45, 2.75) is 30.4 Å². The number of ether oxygens (including phenoxy) is 1. The third kappa shape index (κ3) is 2.46. The van der Waals surface area contributed by atoms with E-state index in [1.165, 1.54) is 15.4 Å². The van der Waals surface area contributed by atoms with Gasteiger partial charge in [0, 0.05) is 39.2 Å². The number of nitrogens with zero attached hydrogens (tertiary/aromatic N) is 3. The fourth-order valence-corrected chi connectivity index (χ4v) is 4.63. The molecule has 120 valence electrons. The summed E-state index contributed by atoms with van der Waals surface area (Å²) in [6.45, 7) is 2.92. The van der Waals surface area contributed by atoms with Crippen molar-refractivity contribution in [1.29, 1.82) is 0 Å². The molecule has 1 aromatic rings. The molecule has 1 spiro atoms. The molecule has 0 aliphatic carbocycles. The lowest BCUT2D eigenvalue weighted by Crippen LogP contribution is -2.48. The predicted octanol–water partition coefficient (Wildman–Crippen LogP) is 0.995. The highest BCUT2D eigenvalue weighted by Crippen LogP contribution is 2.34. The van der Waals surface area contributed by atoms with E-state index in [1.54, 1.807) is 26.1 Å². The molecule has 22 heavy (non-hydrogen) atoms. The van der Waals surface area contributed by atoms with Crippen LogP contribution in [-0.4, -0.2) is 61.0 Å². The third-order valence-electron chi connectivity index (χ3n) is 4.32. The van der Waals surface area contributed by atoms with Crippen molar-refractivity contribution in [2.75, 3.05) is 26.7 Å². The molecular formula is C14H19N3O4S. The summed E-state index contributed by atoms with van der Waals surface area (Å²) >= 11 is 0. The van der Waals surface area contributed by atoms with Crippen LogP contribution in [0.25, 0.3) is 0 Å². The van der Waals surface area contributed by atoms with Gasteiger partial charge in [0.25, 0.3) is 10.0 Å². The van der Waals surface area contributed by atoms with Gasteiger partial charge in [-0.2, -0.15) is 4.31 Å². The number of aromatic nitrogens is 1. The third-order valence-corrected chi connectivity index (χ3v) is 6.28. The molecule has 3 heterocycles. The van der Waals surface area contributed by atoms with Crippen molar-refractivity contribution >= 4 is 16.1 Å². The highest BCUT2D eigenvalue weighted by atomic mass is 32.2. The van der Waals surface area contributed by atoms with E-state index in [2.05, 4.69) is 4.98 Å². The molecule has 8 heteroatoms. The summed E-state index contributed by atoms with van der Waals surface area (Å²) in [6, 6.07) is 3.45. The van der Waals surface area contributed by atoms with Crippen LogP contribution in [0.1, 0.15) is 18.4 Å². The Kier molecular flexibility index (Phi) is 3.60. The highest BCUT2D eigenvalue weighted by molar-refractivity contribution is 7.89. The normalized spacial score (nSPS) is 22.1. The number of carbonyl (C=O) groups excluding carboxylic acids is 1. The Morgan fingerprint density at radius 2 is 2.00 bits per heavy atom. The van der Waals surface area contributed by atoms with E-state index in [4.69, 9.17) is 4.74 Å². The van der Waals surface area contributed by atoms with Gasteiger partial charge in [0.1, 0.15) is 5.60 Å². The Bertz CT molecular complexity index is 696. The van der Waals surface area contributed by atoms with Crippen LogP contribution in [0.5, 0.6) is 0 Å². The molecule has 0 saturated carbocycles. The maximum atomic E-state index is 12.7. The Labute approximate surface area is 129 Å². The van der Waals surface area contributed by atoms with E-state index < -0.39 is 15.6 Å². The zero-order valence-corrected chi connectivity index (χ0v) is 13.5. The van der Waals surface area contributed by atoms with E-state index >= 15 is 0 Å². The van der Waals surface area contributed by atoms with Gasteiger partial charge in [-0.3, -0.25) is 0 Å². The number of piperidine rings is 1. The highest BCUT2D eigenvalue weighted by Gasteiger charge is 2.47. The SMILES string of the molecule is Cc1cccnc1S(=O)(=O)N1CCC2(CC1)CN(C)C(=O)O2. The Balaban J connectivity index is 1.77. The molecule has 2 aliphatic rings. The van der Waals surface area contributed by atoms with Crippen molar-refractivity contribution in [3.63, 3.8) is 0 Å². The topological polar surface area (TPSA) is 79.8 Å². The largest absolute Gasteiger partial charge is 0.441 e. The number of amides is 1. The first-order chi connectivity index (χ1) is 10.3. The molecule has 2 fully saturated rings. The molecular weight excluding hydrogens is 306 g/mol. The van der Waals surface area contributed by atoms with E-state index in [9.17, 15) is 13.2 Å². The molecule has 0 bridgehead atoms. The quantitative estimate of drug-likeness (QED) is 0.810. The Morgan fingerprint density at radius 1 is 1.32 bits per heavy atom. The van der Waals surface area contributed by atoms with E-state index in [0.717, 1.165) is 0 Å². The van der Waals surface area contributed by atoms with Crippen molar-refractivity contribution in [1.82, 2.24) is 14.2 Å². The second kappa shape index (κ2) is 5.20. The first-order valence-electron chi connectivity index (χ1n) is 7.20. The van der Waals surface area contributed by atoms with Gasteiger partial charge in [-0.05, 0) is 18.6 Å². The monoisotopic (exact) mass is 325 g/mol. The number of sulfonamides is 1.